The van der Waals surface area contributed by atoms with E-state index in [4.69, 9.17) is 19.3 Å². The topological polar surface area (TPSA) is 51.2 Å². The van der Waals surface area contributed by atoms with E-state index in [9.17, 15) is 0 Å². The Bertz CT molecular complexity index is 241. The van der Waals surface area contributed by atoms with E-state index in [0.29, 0.717) is 20.1 Å². The van der Waals surface area contributed by atoms with Gasteiger partial charge >= 0.3 is 0 Å². The van der Waals surface area contributed by atoms with Crippen molar-refractivity contribution in [1.82, 2.24) is 4.90 Å². The molecule has 1 saturated carbocycles. The Balaban J connectivity index is 2.04. The normalized spacial score (nSPS) is 26.2. The highest BCUT2D eigenvalue weighted by molar-refractivity contribution is 4.90. The molecule has 0 bridgehead atoms. The van der Waals surface area contributed by atoms with E-state index >= 15 is 0 Å². The third kappa shape index (κ3) is 4.67. The molecule has 2 fully saturated rings. The molecule has 2 rings (SSSR count). The van der Waals surface area contributed by atoms with Crippen molar-refractivity contribution in [2.75, 3.05) is 40.1 Å². The molecule has 118 valence electrons. The first-order valence-corrected chi connectivity index (χ1v) is 7.97. The Labute approximate surface area is 122 Å². The monoisotopic (exact) mass is 287 g/mol. The van der Waals surface area contributed by atoms with E-state index in [2.05, 4.69) is 4.90 Å². The fraction of sp³-hybridized carbons (Fsp3) is 1.00. The molecule has 5 nitrogen and oxygen atoms in total. The van der Waals surface area contributed by atoms with Crippen LogP contribution >= 0.6 is 0 Å². The van der Waals surface area contributed by atoms with Crippen LogP contribution in [0.25, 0.3) is 0 Å². The molecule has 0 atom stereocenters. The van der Waals surface area contributed by atoms with Crippen LogP contribution in [0.5, 0.6) is 0 Å². The van der Waals surface area contributed by atoms with E-state index in [-0.39, 0.29) is 12.3 Å². The lowest BCUT2D eigenvalue weighted by Gasteiger charge is -2.45. The van der Waals surface area contributed by atoms with Crippen molar-refractivity contribution in [3.05, 3.63) is 0 Å². The van der Waals surface area contributed by atoms with Gasteiger partial charge in [-0.25, -0.2) is 4.90 Å². The summed E-state index contributed by atoms with van der Waals surface area (Å²) in [7, 11) is 0. The van der Waals surface area contributed by atoms with Crippen molar-refractivity contribution in [2.24, 2.45) is 0 Å². The second-order valence-electron chi connectivity index (χ2n) is 5.94. The van der Waals surface area contributed by atoms with Gasteiger partial charge in [-0.15, -0.1) is 0 Å². The number of aliphatic hydroxyl groups is 1. The van der Waals surface area contributed by atoms with Crippen LogP contribution in [0.4, 0.5) is 0 Å². The van der Waals surface area contributed by atoms with Gasteiger partial charge in [0.1, 0.15) is 20.3 Å². The van der Waals surface area contributed by atoms with E-state index in [1.165, 1.54) is 32.1 Å². The van der Waals surface area contributed by atoms with E-state index in [1.54, 1.807) is 0 Å². The Kier molecular flexibility index (Phi) is 7.24. The molecule has 0 amide bonds. The van der Waals surface area contributed by atoms with Crippen molar-refractivity contribution < 1.29 is 19.3 Å². The summed E-state index contributed by atoms with van der Waals surface area (Å²) in [6.07, 6.45) is 9.50. The smallest absolute Gasteiger partial charge is 0.143 e. The molecule has 5 heteroatoms. The molecule has 1 heterocycles. The van der Waals surface area contributed by atoms with E-state index in [1.807, 2.05) is 0 Å². The molecule has 0 aromatic rings. The van der Waals surface area contributed by atoms with Crippen LogP contribution in [0, 0.1) is 0 Å². The zero-order valence-corrected chi connectivity index (χ0v) is 12.5. The predicted molar refractivity (Wildman–Crippen MR) is 76.2 cm³/mol. The van der Waals surface area contributed by atoms with Crippen LogP contribution in [-0.4, -0.2) is 55.6 Å². The summed E-state index contributed by atoms with van der Waals surface area (Å²) in [6.45, 7) is 3.08. The molecule has 0 radical (unpaired) electrons. The average molecular weight is 287 g/mol. The first kappa shape index (κ1) is 16.2. The molecular weight excluding hydrogens is 258 g/mol. The third-order valence-electron chi connectivity index (χ3n) is 4.49. The van der Waals surface area contributed by atoms with Crippen LogP contribution in [0.2, 0.25) is 0 Å². The van der Waals surface area contributed by atoms with Crippen molar-refractivity contribution in [3.8, 4) is 0 Å². The number of nitrogens with zero attached hydrogens (tertiary/aromatic N) is 1. The Morgan fingerprint density at radius 2 is 1.50 bits per heavy atom. The summed E-state index contributed by atoms with van der Waals surface area (Å²) in [6, 6.07) is 0. The lowest BCUT2D eigenvalue weighted by Crippen LogP contribution is -2.54. The van der Waals surface area contributed by atoms with Gasteiger partial charge in [0.15, 0.2) is 0 Å². The largest absolute Gasteiger partial charge is 0.371 e. The average Bonchev–Trinajstić information content (AvgIpc) is 2.38. The highest BCUT2D eigenvalue weighted by atomic mass is 16.6. The number of rotatable bonds is 4. The first-order valence-electron chi connectivity index (χ1n) is 7.97. The van der Waals surface area contributed by atoms with Gasteiger partial charge in [-0.05, 0) is 19.3 Å². The molecule has 0 aromatic carbocycles. The lowest BCUT2D eigenvalue weighted by atomic mass is 9.83. The van der Waals surface area contributed by atoms with Gasteiger partial charge in [0.25, 0.3) is 0 Å². The van der Waals surface area contributed by atoms with Crippen molar-refractivity contribution in [1.29, 1.82) is 0 Å². The van der Waals surface area contributed by atoms with Gasteiger partial charge in [-0.3, -0.25) is 0 Å². The number of ether oxygens (including phenoxy) is 3. The summed E-state index contributed by atoms with van der Waals surface area (Å²) < 4.78 is 16.9. The lowest BCUT2D eigenvalue weighted by molar-refractivity contribution is -0.155. The summed E-state index contributed by atoms with van der Waals surface area (Å²) in [5.41, 5.74) is -0.0412. The molecular formula is C15H29NO4. The third-order valence-corrected chi connectivity index (χ3v) is 4.49. The summed E-state index contributed by atoms with van der Waals surface area (Å²) in [5, 5.41) is 9.03. The molecule has 0 aromatic heterocycles. The minimum absolute atomic E-state index is 0.0412. The molecule has 1 N–H and O–H groups in total. The molecule has 1 aliphatic heterocycles. The summed E-state index contributed by atoms with van der Waals surface area (Å²) in [5.74, 6) is 0. The maximum atomic E-state index is 9.03. The van der Waals surface area contributed by atoms with Crippen LogP contribution in [-0.2, 0) is 14.2 Å². The molecule has 0 spiro atoms. The second kappa shape index (κ2) is 8.95. The van der Waals surface area contributed by atoms with Gasteiger partial charge in [0, 0.05) is 5.54 Å². The van der Waals surface area contributed by atoms with Crippen molar-refractivity contribution >= 4 is 0 Å². The van der Waals surface area contributed by atoms with E-state index < -0.39 is 0 Å². The highest BCUT2D eigenvalue weighted by Crippen LogP contribution is 2.32. The van der Waals surface area contributed by atoms with Gasteiger partial charge in [-0.2, -0.15) is 0 Å². The summed E-state index contributed by atoms with van der Waals surface area (Å²) >= 11 is 0. The minimum Gasteiger partial charge on any atom is -0.371 e. The van der Waals surface area contributed by atoms with Gasteiger partial charge in [0.05, 0.1) is 19.8 Å². The first-order chi connectivity index (χ1) is 9.87. The van der Waals surface area contributed by atoms with Gasteiger partial charge in [0.2, 0.25) is 0 Å². The number of hydrogen-bond acceptors (Lipinski definition) is 5. The highest BCUT2D eigenvalue weighted by Gasteiger charge is 2.37. The number of hydrogen-bond donors (Lipinski definition) is 1. The van der Waals surface area contributed by atoms with Crippen molar-refractivity contribution in [3.63, 3.8) is 0 Å². The summed E-state index contributed by atoms with van der Waals surface area (Å²) in [4.78, 5) is 2.28. The van der Waals surface area contributed by atoms with Crippen LogP contribution in [0.15, 0.2) is 0 Å². The van der Waals surface area contributed by atoms with Gasteiger partial charge < -0.3 is 19.3 Å². The molecule has 1 saturated heterocycles. The van der Waals surface area contributed by atoms with Gasteiger partial charge in [-0.1, -0.05) is 32.1 Å². The standard InChI is InChI=1S/C15H29NO4/c17-14-20-11-15(7-4-2-1-3-5-8-15)16-12-18-9-6-10-19-13-16/h17H,1-14H2. The maximum Gasteiger partial charge on any atom is 0.143 e. The van der Waals surface area contributed by atoms with Crippen molar-refractivity contribution in [2.45, 2.75) is 56.9 Å². The number of aliphatic hydroxyl groups excluding tert-OH is 1. The van der Waals surface area contributed by atoms with E-state index in [0.717, 1.165) is 32.5 Å². The quantitative estimate of drug-likeness (QED) is 0.802. The molecule has 20 heavy (non-hydrogen) atoms. The Morgan fingerprint density at radius 3 is 2.10 bits per heavy atom. The molecule has 2 aliphatic rings. The zero-order valence-electron chi connectivity index (χ0n) is 12.5. The minimum atomic E-state index is -0.211. The molecule has 1 aliphatic carbocycles. The fourth-order valence-corrected chi connectivity index (χ4v) is 3.27. The predicted octanol–water partition coefficient (Wildman–Crippen LogP) is 2.09. The van der Waals surface area contributed by atoms with Crippen LogP contribution in [0.3, 0.4) is 0 Å². The maximum absolute atomic E-state index is 9.03. The zero-order chi connectivity index (χ0) is 14.1. The van der Waals surface area contributed by atoms with Crippen LogP contribution < -0.4 is 0 Å². The SMILES string of the molecule is OCOCC1(N2COCCCOC2)CCCCCCC1. The Hall–Kier alpha value is -0.200. The second-order valence-corrected chi connectivity index (χ2v) is 5.94. The van der Waals surface area contributed by atoms with Crippen LogP contribution in [0.1, 0.15) is 51.4 Å². The Morgan fingerprint density at radius 1 is 0.900 bits per heavy atom. The fourth-order valence-electron chi connectivity index (χ4n) is 3.27. The molecule has 0 unspecified atom stereocenters.